The number of hydrogen-bond donors (Lipinski definition) is 2. The lowest BCUT2D eigenvalue weighted by molar-refractivity contribution is 0.102. The standard InChI is InChI=1S/C14H17N3O/c1-14(2,3)11-6-4-5-7-12(11)17-13(18)10-8-15-16-9-10/h4-9H,1-3H3,(H,15,16)(H,17,18). The Bertz CT molecular complexity index is 538. The van der Waals surface area contributed by atoms with Crippen molar-refractivity contribution in [3.63, 3.8) is 0 Å². The second-order valence-electron chi connectivity index (χ2n) is 5.24. The van der Waals surface area contributed by atoms with E-state index in [9.17, 15) is 4.79 Å². The first-order chi connectivity index (χ1) is 8.48. The quantitative estimate of drug-likeness (QED) is 0.852. The lowest BCUT2D eigenvalue weighted by atomic mass is 9.86. The molecule has 18 heavy (non-hydrogen) atoms. The van der Waals surface area contributed by atoms with Crippen LogP contribution in [0.3, 0.4) is 0 Å². The Hall–Kier alpha value is -2.10. The van der Waals surface area contributed by atoms with Crippen molar-refractivity contribution in [3.05, 3.63) is 47.8 Å². The topological polar surface area (TPSA) is 57.8 Å². The van der Waals surface area contributed by atoms with Crippen LogP contribution in [-0.4, -0.2) is 16.1 Å². The molecule has 1 heterocycles. The lowest BCUT2D eigenvalue weighted by Gasteiger charge is -2.22. The number of aromatic nitrogens is 2. The molecular formula is C14H17N3O. The number of hydrogen-bond acceptors (Lipinski definition) is 2. The number of carbonyl (C=O) groups is 1. The zero-order valence-electron chi connectivity index (χ0n) is 10.8. The number of nitrogens with one attached hydrogen (secondary N) is 2. The van der Waals surface area contributed by atoms with Crippen molar-refractivity contribution in [2.45, 2.75) is 26.2 Å². The van der Waals surface area contributed by atoms with Gasteiger partial charge in [-0.25, -0.2) is 0 Å². The van der Waals surface area contributed by atoms with Crippen LogP contribution >= 0.6 is 0 Å². The normalized spacial score (nSPS) is 11.3. The van der Waals surface area contributed by atoms with Crippen LogP contribution in [0.5, 0.6) is 0 Å². The molecular weight excluding hydrogens is 226 g/mol. The molecule has 4 heteroatoms. The Morgan fingerprint density at radius 1 is 1.28 bits per heavy atom. The van der Waals surface area contributed by atoms with Gasteiger partial charge in [-0.2, -0.15) is 5.10 Å². The third kappa shape index (κ3) is 2.59. The molecule has 0 fully saturated rings. The van der Waals surface area contributed by atoms with Crippen LogP contribution in [0.1, 0.15) is 36.7 Å². The van der Waals surface area contributed by atoms with Crippen molar-refractivity contribution in [1.29, 1.82) is 0 Å². The number of nitrogens with zero attached hydrogens (tertiary/aromatic N) is 1. The van der Waals surface area contributed by atoms with E-state index in [0.29, 0.717) is 5.56 Å². The van der Waals surface area contributed by atoms with Crippen LogP contribution in [0.25, 0.3) is 0 Å². The highest BCUT2D eigenvalue weighted by molar-refractivity contribution is 6.04. The highest BCUT2D eigenvalue weighted by Crippen LogP contribution is 2.29. The van der Waals surface area contributed by atoms with Gasteiger partial charge in [-0.1, -0.05) is 39.0 Å². The van der Waals surface area contributed by atoms with Crippen molar-refractivity contribution < 1.29 is 4.79 Å². The maximum atomic E-state index is 12.0. The van der Waals surface area contributed by atoms with E-state index in [1.165, 1.54) is 6.20 Å². The van der Waals surface area contributed by atoms with Gasteiger partial charge in [-0.3, -0.25) is 9.89 Å². The Morgan fingerprint density at radius 3 is 2.61 bits per heavy atom. The maximum Gasteiger partial charge on any atom is 0.258 e. The highest BCUT2D eigenvalue weighted by Gasteiger charge is 2.19. The Balaban J connectivity index is 2.27. The monoisotopic (exact) mass is 243 g/mol. The van der Waals surface area contributed by atoms with E-state index in [2.05, 4.69) is 36.3 Å². The number of para-hydroxylation sites is 1. The summed E-state index contributed by atoms with van der Waals surface area (Å²) in [7, 11) is 0. The van der Waals surface area contributed by atoms with Crippen molar-refractivity contribution >= 4 is 11.6 Å². The fraction of sp³-hybridized carbons (Fsp3) is 0.286. The molecule has 0 unspecified atom stereocenters. The van der Waals surface area contributed by atoms with Crippen LogP contribution in [0.4, 0.5) is 5.69 Å². The molecule has 0 bridgehead atoms. The molecule has 4 nitrogen and oxygen atoms in total. The second kappa shape index (κ2) is 4.64. The first-order valence-electron chi connectivity index (χ1n) is 5.88. The van der Waals surface area contributed by atoms with Crippen LogP contribution in [0, 0.1) is 0 Å². The minimum Gasteiger partial charge on any atom is -0.322 e. The molecule has 2 N–H and O–H groups in total. The predicted molar refractivity (Wildman–Crippen MR) is 71.7 cm³/mol. The summed E-state index contributed by atoms with van der Waals surface area (Å²) in [6.45, 7) is 6.36. The first kappa shape index (κ1) is 12.4. The van der Waals surface area contributed by atoms with E-state index in [1.54, 1.807) is 6.20 Å². The summed E-state index contributed by atoms with van der Waals surface area (Å²) in [4.78, 5) is 12.0. The predicted octanol–water partition coefficient (Wildman–Crippen LogP) is 2.96. The summed E-state index contributed by atoms with van der Waals surface area (Å²) in [5.74, 6) is -0.152. The number of anilines is 1. The van der Waals surface area contributed by atoms with Crippen molar-refractivity contribution in [3.8, 4) is 0 Å². The molecule has 0 atom stereocenters. The summed E-state index contributed by atoms with van der Waals surface area (Å²) in [6, 6.07) is 7.85. The Kier molecular flexibility index (Phi) is 3.19. The summed E-state index contributed by atoms with van der Waals surface area (Å²) in [5, 5.41) is 9.32. The Morgan fingerprint density at radius 2 is 2.00 bits per heavy atom. The summed E-state index contributed by atoms with van der Waals surface area (Å²) < 4.78 is 0. The van der Waals surface area contributed by atoms with Gasteiger partial charge < -0.3 is 5.32 Å². The summed E-state index contributed by atoms with van der Waals surface area (Å²) >= 11 is 0. The number of rotatable bonds is 2. The number of H-pyrrole nitrogens is 1. The van der Waals surface area contributed by atoms with Gasteiger partial charge in [0.05, 0.1) is 11.8 Å². The van der Waals surface area contributed by atoms with Gasteiger partial charge in [0.2, 0.25) is 0 Å². The number of benzene rings is 1. The molecule has 94 valence electrons. The van der Waals surface area contributed by atoms with E-state index in [4.69, 9.17) is 0 Å². The molecule has 0 aliphatic carbocycles. The largest absolute Gasteiger partial charge is 0.322 e. The fourth-order valence-electron chi connectivity index (χ4n) is 1.82. The molecule has 2 rings (SSSR count). The molecule has 0 saturated heterocycles. The first-order valence-corrected chi connectivity index (χ1v) is 5.88. The minimum atomic E-state index is -0.152. The molecule has 2 aromatic rings. The number of amides is 1. The minimum absolute atomic E-state index is 0.0136. The molecule has 1 aromatic carbocycles. The van der Waals surface area contributed by atoms with Crippen molar-refractivity contribution in [1.82, 2.24) is 10.2 Å². The molecule has 0 radical (unpaired) electrons. The average Bonchev–Trinajstić information content (AvgIpc) is 2.81. The highest BCUT2D eigenvalue weighted by atomic mass is 16.1. The number of aromatic amines is 1. The maximum absolute atomic E-state index is 12.0. The van der Waals surface area contributed by atoms with Gasteiger partial charge in [-0.05, 0) is 17.0 Å². The lowest BCUT2D eigenvalue weighted by Crippen LogP contribution is -2.18. The van der Waals surface area contributed by atoms with Gasteiger partial charge in [-0.15, -0.1) is 0 Å². The average molecular weight is 243 g/mol. The van der Waals surface area contributed by atoms with Gasteiger partial charge in [0.15, 0.2) is 0 Å². The van der Waals surface area contributed by atoms with Gasteiger partial charge in [0, 0.05) is 11.9 Å². The molecule has 1 aromatic heterocycles. The molecule has 0 aliphatic rings. The van der Waals surface area contributed by atoms with Crippen LogP contribution in [0.2, 0.25) is 0 Å². The van der Waals surface area contributed by atoms with Crippen LogP contribution in [0.15, 0.2) is 36.7 Å². The van der Waals surface area contributed by atoms with Crippen LogP contribution < -0.4 is 5.32 Å². The van der Waals surface area contributed by atoms with E-state index in [1.807, 2.05) is 24.3 Å². The molecule has 0 saturated carbocycles. The molecule has 0 spiro atoms. The zero-order valence-corrected chi connectivity index (χ0v) is 10.8. The van der Waals surface area contributed by atoms with E-state index < -0.39 is 0 Å². The molecule has 1 amide bonds. The van der Waals surface area contributed by atoms with E-state index in [0.717, 1.165) is 11.3 Å². The summed E-state index contributed by atoms with van der Waals surface area (Å²) in [5.41, 5.74) is 2.47. The van der Waals surface area contributed by atoms with Gasteiger partial charge in [0.1, 0.15) is 0 Å². The van der Waals surface area contributed by atoms with E-state index >= 15 is 0 Å². The fourth-order valence-corrected chi connectivity index (χ4v) is 1.82. The Labute approximate surface area is 106 Å². The smallest absolute Gasteiger partial charge is 0.258 e. The summed E-state index contributed by atoms with van der Waals surface area (Å²) in [6.07, 6.45) is 3.09. The van der Waals surface area contributed by atoms with E-state index in [-0.39, 0.29) is 11.3 Å². The number of carbonyl (C=O) groups excluding carboxylic acids is 1. The third-order valence-corrected chi connectivity index (χ3v) is 2.74. The second-order valence-corrected chi connectivity index (χ2v) is 5.24. The van der Waals surface area contributed by atoms with Gasteiger partial charge in [0.25, 0.3) is 5.91 Å². The SMILES string of the molecule is CC(C)(C)c1ccccc1NC(=O)c1cn[nH]c1. The van der Waals surface area contributed by atoms with Gasteiger partial charge >= 0.3 is 0 Å². The third-order valence-electron chi connectivity index (χ3n) is 2.74. The van der Waals surface area contributed by atoms with Crippen molar-refractivity contribution in [2.24, 2.45) is 0 Å². The van der Waals surface area contributed by atoms with Crippen LogP contribution in [-0.2, 0) is 5.41 Å². The van der Waals surface area contributed by atoms with Crippen molar-refractivity contribution in [2.75, 3.05) is 5.32 Å². The molecule has 0 aliphatic heterocycles. The zero-order chi connectivity index (χ0) is 13.2.